The highest BCUT2D eigenvalue weighted by molar-refractivity contribution is 5.81. The molecule has 0 radical (unpaired) electrons. The highest BCUT2D eigenvalue weighted by Crippen LogP contribution is 2.31. The maximum atomic E-state index is 12.7. The van der Waals surface area contributed by atoms with Gasteiger partial charge in [-0.05, 0) is 46.5 Å². The largest absolute Gasteiger partial charge is 0.450 e. The van der Waals surface area contributed by atoms with Crippen LogP contribution in [-0.4, -0.2) is 53.6 Å². The fourth-order valence-corrected chi connectivity index (χ4v) is 2.98. The number of carbonyl (C=O) groups excluding carboxylic acids is 2. The number of amides is 2. The molecule has 1 heterocycles. The second-order valence-electron chi connectivity index (χ2n) is 6.05. The Balaban J connectivity index is 1.97. The van der Waals surface area contributed by atoms with Crippen LogP contribution in [0, 0.1) is 5.92 Å². The Labute approximate surface area is 121 Å². The quantitative estimate of drug-likeness (QED) is 0.794. The fourth-order valence-electron chi connectivity index (χ4n) is 2.98. The summed E-state index contributed by atoms with van der Waals surface area (Å²) in [6.07, 6.45) is 3.72. The molecule has 5 heteroatoms. The van der Waals surface area contributed by atoms with Crippen molar-refractivity contribution in [2.75, 3.05) is 19.7 Å². The normalized spacial score (nSPS) is 22.8. The first kappa shape index (κ1) is 15.1. The van der Waals surface area contributed by atoms with E-state index in [1.54, 1.807) is 11.8 Å². The summed E-state index contributed by atoms with van der Waals surface area (Å²) in [6.45, 7) is 7.54. The maximum absolute atomic E-state index is 12.7. The summed E-state index contributed by atoms with van der Waals surface area (Å²) in [7, 11) is 0. The Hall–Kier alpha value is -1.26. The van der Waals surface area contributed by atoms with Gasteiger partial charge in [-0.15, -0.1) is 0 Å². The number of hydrogen-bond donors (Lipinski definition) is 0. The number of ether oxygens (including phenoxy) is 1. The zero-order valence-corrected chi connectivity index (χ0v) is 12.8. The van der Waals surface area contributed by atoms with E-state index in [9.17, 15) is 9.59 Å². The zero-order chi connectivity index (χ0) is 14.7. The van der Waals surface area contributed by atoms with Gasteiger partial charge in [0.1, 0.15) is 0 Å². The molecule has 2 amide bonds. The predicted octanol–water partition coefficient (Wildman–Crippen LogP) is 2.25. The van der Waals surface area contributed by atoms with Crippen molar-refractivity contribution in [2.45, 2.75) is 58.5 Å². The first-order valence-electron chi connectivity index (χ1n) is 7.78. The van der Waals surface area contributed by atoms with Gasteiger partial charge in [-0.3, -0.25) is 4.79 Å². The second-order valence-corrected chi connectivity index (χ2v) is 6.05. The third-order valence-electron chi connectivity index (χ3n) is 4.05. The predicted molar refractivity (Wildman–Crippen MR) is 76.3 cm³/mol. The van der Waals surface area contributed by atoms with Crippen molar-refractivity contribution in [3.05, 3.63) is 0 Å². The lowest BCUT2D eigenvalue weighted by Gasteiger charge is -2.36. The molecular weight excluding hydrogens is 256 g/mol. The minimum absolute atomic E-state index is 0.0591. The molecule has 114 valence electrons. The number of piperidine rings is 1. The van der Waals surface area contributed by atoms with Crippen molar-refractivity contribution in [3.8, 4) is 0 Å². The molecule has 2 rings (SSSR count). The van der Waals surface area contributed by atoms with Crippen molar-refractivity contribution < 1.29 is 14.3 Å². The average molecular weight is 282 g/mol. The molecule has 0 aromatic heterocycles. The summed E-state index contributed by atoms with van der Waals surface area (Å²) < 4.78 is 5.04. The zero-order valence-electron chi connectivity index (χ0n) is 12.8. The minimum Gasteiger partial charge on any atom is -0.450 e. The number of hydrogen-bond acceptors (Lipinski definition) is 3. The van der Waals surface area contributed by atoms with Gasteiger partial charge < -0.3 is 14.5 Å². The van der Waals surface area contributed by atoms with E-state index in [2.05, 4.69) is 13.8 Å². The molecule has 1 aliphatic heterocycles. The Morgan fingerprint density at radius 3 is 2.55 bits per heavy atom. The van der Waals surface area contributed by atoms with Crippen LogP contribution in [0.3, 0.4) is 0 Å². The highest BCUT2D eigenvalue weighted by Gasteiger charge is 2.39. The van der Waals surface area contributed by atoms with Crippen molar-refractivity contribution in [3.63, 3.8) is 0 Å². The van der Waals surface area contributed by atoms with Gasteiger partial charge >= 0.3 is 6.09 Å². The van der Waals surface area contributed by atoms with Gasteiger partial charge in [-0.25, -0.2) is 4.79 Å². The first-order chi connectivity index (χ1) is 9.54. The third-order valence-corrected chi connectivity index (χ3v) is 4.05. The standard InChI is InChI=1S/C15H26N2O3/c1-4-20-15(19)16-9-5-6-12(10-16)14(18)17(11(2)3)13-7-8-13/h11-13H,4-10H2,1-3H3. The van der Waals surface area contributed by atoms with Crippen molar-refractivity contribution in [1.82, 2.24) is 9.80 Å². The molecule has 20 heavy (non-hydrogen) atoms. The summed E-state index contributed by atoms with van der Waals surface area (Å²) in [5.41, 5.74) is 0. The molecule has 1 saturated carbocycles. The Bertz CT molecular complexity index is 364. The van der Waals surface area contributed by atoms with E-state index < -0.39 is 0 Å². The van der Waals surface area contributed by atoms with Crippen LogP contribution < -0.4 is 0 Å². The molecule has 2 aliphatic rings. The molecule has 0 aromatic rings. The first-order valence-corrected chi connectivity index (χ1v) is 7.78. The van der Waals surface area contributed by atoms with Crippen LogP contribution in [0.25, 0.3) is 0 Å². The average Bonchev–Trinajstić information content (AvgIpc) is 3.23. The number of nitrogens with zero attached hydrogens (tertiary/aromatic N) is 2. The lowest BCUT2D eigenvalue weighted by Crippen LogP contribution is -2.49. The lowest BCUT2D eigenvalue weighted by atomic mass is 9.96. The lowest BCUT2D eigenvalue weighted by molar-refractivity contribution is -0.139. The molecule has 0 N–H and O–H groups in total. The van der Waals surface area contributed by atoms with Gasteiger partial charge in [-0.2, -0.15) is 0 Å². The second kappa shape index (κ2) is 6.46. The monoisotopic (exact) mass is 282 g/mol. The fraction of sp³-hybridized carbons (Fsp3) is 0.867. The summed E-state index contributed by atoms with van der Waals surface area (Å²) in [6, 6.07) is 0.674. The Kier molecular flexibility index (Phi) is 4.89. The van der Waals surface area contributed by atoms with Crippen LogP contribution in [0.15, 0.2) is 0 Å². The van der Waals surface area contributed by atoms with E-state index in [0.29, 0.717) is 25.7 Å². The molecule has 2 fully saturated rings. The van der Waals surface area contributed by atoms with Crippen LogP contribution in [0.2, 0.25) is 0 Å². The molecule has 0 bridgehead atoms. The van der Waals surface area contributed by atoms with E-state index in [4.69, 9.17) is 4.74 Å². The van der Waals surface area contributed by atoms with E-state index in [1.165, 1.54) is 0 Å². The van der Waals surface area contributed by atoms with Crippen molar-refractivity contribution in [2.24, 2.45) is 5.92 Å². The molecule has 1 atom stereocenters. The molecule has 1 unspecified atom stereocenters. The summed E-state index contributed by atoms with van der Waals surface area (Å²) in [5.74, 6) is 0.160. The van der Waals surface area contributed by atoms with E-state index >= 15 is 0 Å². The summed E-state index contributed by atoms with van der Waals surface area (Å²) >= 11 is 0. The van der Waals surface area contributed by atoms with Gasteiger partial charge in [0.15, 0.2) is 0 Å². The molecule has 1 saturated heterocycles. The van der Waals surface area contributed by atoms with Gasteiger partial charge in [0.25, 0.3) is 0 Å². The highest BCUT2D eigenvalue weighted by atomic mass is 16.6. The van der Waals surface area contributed by atoms with E-state index in [0.717, 1.165) is 25.7 Å². The van der Waals surface area contributed by atoms with Crippen molar-refractivity contribution >= 4 is 12.0 Å². The number of likely N-dealkylation sites (tertiary alicyclic amines) is 1. The van der Waals surface area contributed by atoms with Gasteiger partial charge in [0.2, 0.25) is 5.91 Å². The van der Waals surface area contributed by atoms with Gasteiger partial charge in [0, 0.05) is 25.2 Å². The molecular formula is C15H26N2O3. The minimum atomic E-state index is -0.285. The Morgan fingerprint density at radius 2 is 2.00 bits per heavy atom. The number of carbonyl (C=O) groups is 2. The van der Waals surface area contributed by atoms with Crippen molar-refractivity contribution in [1.29, 1.82) is 0 Å². The van der Waals surface area contributed by atoms with Crippen LogP contribution in [-0.2, 0) is 9.53 Å². The van der Waals surface area contributed by atoms with E-state index in [-0.39, 0.29) is 24.0 Å². The van der Waals surface area contributed by atoms with E-state index in [1.807, 2.05) is 4.90 Å². The smallest absolute Gasteiger partial charge is 0.409 e. The molecule has 5 nitrogen and oxygen atoms in total. The summed E-state index contributed by atoms with van der Waals surface area (Å²) in [4.78, 5) is 28.2. The van der Waals surface area contributed by atoms with Gasteiger partial charge in [0.05, 0.1) is 12.5 Å². The number of rotatable bonds is 4. The maximum Gasteiger partial charge on any atom is 0.409 e. The van der Waals surface area contributed by atoms with Crippen LogP contribution in [0.5, 0.6) is 0 Å². The van der Waals surface area contributed by atoms with Crippen LogP contribution in [0.4, 0.5) is 4.79 Å². The van der Waals surface area contributed by atoms with Crippen LogP contribution in [0.1, 0.15) is 46.5 Å². The molecule has 0 spiro atoms. The molecule has 0 aromatic carbocycles. The third kappa shape index (κ3) is 3.44. The van der Waals surface area contributed by atoms with Crippen LogP contribution >= 0.6 is 0 Å². The molecule has 1 aliphatic carbocycles. The van der Waals surface area contributed by atoms with Gasteiger partial charge in [-0.1, -0.05) is 0 Å². The topological polar surface area (TPSA) is 49.9 Å². The Morgan fingerprint density at radius 1 is 1.30 bits per heavy atom. The summed E-state index contributed by atoms with van der Waals surface area (Å²) in [5, 5.41) is 0. The SMILES string of the molecule is CCOC(=O)N1CCCC(C(=O)N(C(C)C)C2CC2)C1.